The molecule has 1 fully saturated rings. The van der Waals surface area contributed by atoms with Crippen LogP contribution in [0.25, 0.3) is 11.7 Å². The van der Waals surface area contributed by atoms with Gasteiger partial charge in [0, 0.05) is 25.5 Å². The number of carbonyl (C=O) groups is 1. The molecule has 0 bridgehead atoms. The highest BCUT2D eigenvalue weighted by molar-refractivity contribution is 5.93. The summed E-state index contributed by atoms with van der Waals surface area (Å²) in [5.41, 5.74) is 0. The van der Waals surface area contributed by atoms with Crippen molar-refractivity contribution in [2.75, 3.05) is 18.1 Å². The van der Waals surface area contributed by atoms with E-state index >= 15 is 0 Å². The maximum Gasteiger partial charge on any atom is 0.325 e. The van der Waals surface area contributed by atoms with Crippen molar-refractivity contribution in [3.63, 3.8) is 0 Å². The Morgan fingerprint density at radius 1 is 1.50 bits per heavy atom. The summed E-state index contributed by atoms with van der Waals surface area (Å²) in [5, 5.41) is 16.7. The van der Waals surface area contributed by atoms with Crippen LogP contribution in [0.5, 0.6) is 0 Å². The molecule has 1 atom stereocenters. The largest absolute Gasteiger partial charge is 0.459 e. The van der Waals surface area contributed by atoms with Crippen LogP contribution in [0.4, 0.5) is 6.01 Å². The van der Waals surface area contributed by atoms with E-state index in [1.807, 2.05) is 0 Å². The van der Waals surface area contributed by atoms with Crippen LogP contribution in [-0.4, -0.2) is 34.4 Å². The minimum absolute atomic E-state index is 0.0264. The lowest BCUT2D eigenvalue weighted by molar-refractivity contribution is -0.117. The van der Waals surface area contributed by atoms with Crippen molar-refractivity contribution >= 4 is 11.9 Å². The first-order valence-electron chi connectivity index (χ1n) is 5.56. The molecule has 2 aromatic heterocycles. The third-order valence-electron chi connectivity index (χ3n) is 2.84. The van der Waals surface area contributed by atoms with Crippen molar-refractivity contribution in [2.24, 2.45) is 5.92 Å². The molecule has 7 nitrogen and oxygen atoms in total. The molecule has 1 saturated heterocycles. The summed E-state index contributed by atoms with van der Waals surface area (Å²) in [6, 6.07) is 3.55. The topological polar surface area (TPSA) is 92.6 Å². The molecule has 2 aromatic rings. The Hall–Kier alpha value is -2.15. The van der Waals surface area contributed by atoms with Crippen molar-refractivity contribution in [3.05, 3.63) is 18.4 Å². The molecule has 0 aromatic carbocycles. The van der Waals surface area contributed by atoms with Crippen molar-refractivity contribution in [2.45, 2.75) is 6.42 Å². The second-order valence-corrected chi connectivity index (χ2v) is 4.12. The second-order valence-electron chi connectivity index (χ2n) is 4.12. The predicted octanol–water partition coefficient (Wildman–Crippen LogP) is 0.675. The Morgan fingerprint density at radius 3 is 3.06 bits per heavy atom. The summed E-state index contributed by atoms with van der Waals surface area (Å²) in [6.07, 6.45) is 1.80. The zero-order valence-corrected chi connectivity index (χ0v) is 9.44. The Kier molecular flexibility index (Phi) is 2.60. The number of carbonyl (C=O) groups excluding carboxylic acids is 1. The van der Waals surface area contributed by atoms with Crippen LogP contribution in [0, 0.1) is 5.92 Å². The number of anilines is 1. The zero-order chi connectivity index (χ0) is 12.5. The van der Waals surface area contributed by atoms with Gasteiger partial charge in [-0.2, -0.15) is 0 Å². The molecule has 0 aliphatic carbocycles. The number of rotatable bonds is 3. The Bertz CT molecular complexity index is 548. The maximum atomic E-state index is 11.7. The van der Waals surface area contributed by atoms with E-state index < -0.39 is 0 Å². The Balaban J connectivity index is 1.84. The summed E-state index contributed by atoms with van der Waals surface area (Å²) in [5.74, 6) is 0.495. The molecule has 0 radical (unpaired) electrons. The van der Waals surface area contributed by atoms with Gasteiger partial charge >= 0.3 is 6.01 Å². The summed E-state index contributed by atoms with van der Waals surface area (Å²) >= 11 is 0. The summed E-state index contributed by atoms with van der Waals surface area (Å²) in [6.45, 7) is 0.372. The predicted molar refractivity (Wildman–Crippen MR) is 59.5 cm³/mol. The Morgan fingerprint density at radius 2 is 2.39 bits per heavy atom. The first kappa shape index (κ1) is 11.0. The van der Waals surface area contributed by atoms with Crippen molar-refractivity contribution in [1.82, 2.24) is 10.2 Å². The highest BCUT2D eigenvalue weighted by Gasteiger charge is 2.33. The quantitative estimate of drug-likeness (QED) is 0.859. The fourth-order valence-corrected chi connectivity index (χ4v) is 1.91. The van der Waals surface area contributed by atoms with Gasteiger partial charge in [-0.25, -0.2) is 0 Å². The number of aliphatic hydroxyl groups excluding tert-OH is 1. The molecule has 0 spiro atoms. The van der Waals surface area contributed by atoms with Crippen molar-refractivity contribution in [3.8, 4) is 11.7 Å². The van der Waals surface area contributed by atoms with Gasteiger partial charge in [0.15, 0.2) is 5.76 Å². The Labute approximate surface area is 102 Å². The van der Waals surface area contributed by atoms with Gasteiger partial charge in [-0.05, 0) is 12.1 Å². The van der Waals surface area contributed by atoms with Crippen LogP contribution < -0.4 is 4.90 Å². The second kappa shape index (κ2) is 4.26. The van der Waals surface area contributed by atoms with Crippen LogP contribution in [-0.2, 0) is 4.79 Å². The number of hydrogen-bond acceptors (Lipinski definition) is 6. The van der Waals surface area contributed by atoms with E-state index in [1.165, 1.54) is 11.2 Å². The lowest BCUT2D eigenvalue weighted by Crippen LogP contribution is -2.25. The first-order valence-corrected chi connectivity index (χ1v) is 5.56. The molecule has 1 unspecified atom stereocenters. The summed E-state index contributed by atoms with van der Waals surface area (Å²) in [4.78, 5) is 13.1. The summed E-state index contributed by atoms with van der Waals surface area (Å²) < 4.78 is 10.5. The first-order chi connectivity index (χ1) is 8.78. The van der Waals surface area contributed by atoms with Crippen LogP contribution in [0.3, 0.4) is 0 Å². The number of furan rings is 1. The van der Waals surface area contributed by atoms with Gasteiger partial charge in [-0.3, -0.25) is 9.69 Å². The van der Waals surface area contributed by atoms with Gasteiger partial charge in [0.2, 0.25) is 5.91 Å². The zero-order valence-electron chi connectivity index (χ0n) is 9.44. The monoisotopic (exact) mass is 249 g/mol. The van der Waals surface area contributed by atoms with E-state index in [2.05, 4.69) is 10.2 Å². The molecule has 3 rings (SSSR count). The van der Waals surface area contributed by atoms with E-state index in [0.29, 0.717) is 18.7 Å². The van der Waals surface area contributed by atoms with Crippen molar-refractivity contribution in [1.29, 1.82) is 0 Å². The number of nitrogens with zero attached hydrogens (tertiary/aromatic N) is 3. The molecule has 0 saturated carbocycles. The number of aromatic nitrogens is 2. The van der Waals surface area contributed by atoms with Gasteiger partial charge in [-0.15, -0.1) is 5.10 Å². The van der Waals surface area contributed by atoms with E-state index in [-0.39, 0.29) is 30.3 Å². The van der Waals surface area contributed by atoms with Gasteiger partial charge < -0.3 is 13.9 Å². The number of aliphatic hydroxyl groups is 1. The van der Waals surface area contributed by atoms with Gasteiger partial charge in [0.1, 0.15) is 0 Å². The molecule has 7 heteroatoms. The van der Waals surface area contributed by atoms with Crippen LogP contribution in [0.2, 0.25) is 0 Å². The van der Waals surface area contributed by atoms with Crippen molar-refractivity contribution < 1.29 is 18.7 Å². The summed E-state index contributed by atoms with van der Waals surface area (Å²) in [7, 11) is 0. The minimum atomic E-state index is -0.122. The molecule has 1 amide bonds. The fourth-order valence-electron chi connectivity index (χ4n) is 1.91. The molecular weight excluding hydrogens is 238 g/mol. The van der Waals surface area contributed by atoms with Gasteiger partial charge in [0.05, 0.1) is 6.26 Å². The highest BCUT2D eigenvalue weighted by atomic mass is 16.4. The maximum absolute atomic E-state index is 11.7. The molecule has 1 N–H and O–H groups in total. The molecule has 3 heterocycles. The molecule has 1 aliphatic rings. The lowest BCUT2D eigenvalue weighted by atomic mass is 10.1. The standard InChI is InChI=1S/C11H11N3O4/c15-6-7-4-9(16)14(5-7)11-13-12-10(18-11)8-2-1-3-17-8/h1-3,7,15H,4-6H2. The fraction of sp³-hybridized carbons (Fsp3) is 0.364. The van der Waals surface area contributed by atoms with Gasteiger partial charge in [-0.1, -0.05) is 5.10 Å². The normalized spacial score (nSPS) is 19.7. The average Bonchev–Trinajstić information content (AvgIpc) is 3.08. The molecular formula is C11H11N3O4. The minimum Gasteiger partial charge on any atom is -0.459 e. The average molecular weight is 249 g/mol. The van der Waals surface area contributed by atoms with Gasteiger partial charge in [0.25, 0.3) is 5.89 Å². The highest BCUT2D eigenvalue weighted by Crippen LogP contribution is 2.26. The lowest BCUT2D eigenvalue weighted by Gasteiger charge is -2.09. The third-order valence-corrected chi connectivity index (χ3v) is 2.84. The van der Waals surface area contributed by atoms with Crippen LogP contribution >= 0.6 is 0 Å². The van der Waals surface area contributed by atoms with E-state index in [9.17, 15) is 4.79 Å². The third kappa shape index (κ3) is 1.78. The smallest absolute Gasteiger partial charge is 0.325 e. The molecule has 18 heavy (non-hydrogen) atoms. The molecule has 94 valence electrons. The molecule has 1 aliphatic heterocycles. The van der Waals surface area contributed by atoms with Crippen LogP contribution in [0.1, 0.15) is 6.42 Å². The van der Waals surface area contributed by atoms with E-state index in [0.717, 1.165) is 0 Å². The van der Waals surface area contributed by atoms with E-state index in [1.54, 1.807) is 12.1 Å². The number of amides is 1. The van der Waals surface area contributed by atoms with Crippen LogP contribution in [0.15, 0.2) is 27.2 Å². The SMILES string of the molecule is O=C1CC(CO)CN1c1nnc(-c2ccco2)o1. The van der Waals surface area contributed by atoms with E-state index in [4.69, 9.17) is 13.9 Å². The number of hydrogen-bond donors (Lipinski definition) is 1.